The van der Waals surface area contributed by atoms with Crippen molar-refractivity contribution in [2.24, 2.45) is 0 Å². The Morgan fingerprint density at radius 3 is 2.80 bits per heavy atom. The van der Waals surface area contributed by atoms with Crippen molar-refractivity contribution in [1.29, 1.82) is 0 Å². The summed E-state index contributed by atoms with van der Waals surface area (Å²) < 4.78 is 0. The Hall–Kier alpha value is -1.06. The van der Waals surface area contributed by atoms with Crippen LogP contribution in [0.2, 0.25) is 5.02 Å². The molecule has 0 fully saturated rings. The summed E-state index contributed by atoms with van der Waals surface area (Å²) in [5.41, 5.74) is 0.990. The van der Waals surface area contributed by atoms with Gasteiger partial charge in [0.05, 0.1) is 6.42 Å². The number of carbonyl (C=O) groups is 1. The molecule has 0 saturated heterocycles. The van der Waals surface area contributed by atoms with Crippen molar-refractivity contribution in [1.82, 2.24) is 5.32 Å². The highest BCUT2D eigenvalue weighted by Crippen LogP contribution is 2.21. The molecule has 0 aliphatic heterocycles. The van der Waals surface area contributed by atoms with Gasteiger partial charge in [0.2, 0.25) is 0 Å². The monoisotopic (exact) mass is 227 g/mol. The van der Waals surface area contributed by atoms with Crippen LogP contribution in [0.4, 0.5) is 0 Å². The molecule has 4 heteroatoms. The van der Waals surface area contributed by atoms with Gasteiger partial charge in [-0.05, 0) is 18.6 Å². The van der Waals surface area contributed by atoms with Gasteiger partial charge in [0.15, 0.2) is 0 Å². The number of hydrogen-bond donors (Lipinski definition) is 2. The minimum absolute atomic E-state index is 0.0676. The number of aliphatic carboxylic acids is 1. The second-order valence-electron chi connectivity index (χ2n) is 3.34. The predicted molar refractivity (Wildman–Crippen MR) is 60.1 cm³/mol. The van der Waals surface area contributed by atoms with Gasteiger partial charge in [-0.25, -0.2) is 0 Å². The Morgan fingerprint density at radius 1 is 1.53 bits per heavy atom. The lowest BCUT2D eigenvalue weighted by atomic mass is 10.1. The van der Waals surface area contributed by atoms with E-state index >= 15 is 0 Å². The number of benzene rings is 1. The zero-order valence-electron chi connectivity index (χ0n) is 8.53. The van der Waals surface area contributed by atoms with E-state index in [1.807, 2.05) is 31.2 Å². The number of rotatable bonds is 5. The predicted octanol–water partition coefficient (Wildman–Crippen LogP) is 2.47. The largest absolute Gasteiger partial charge is 0.481 e. The van der Waals surface area contributed by atoms with E-state index in [0.717, 1.165) is 5.56 Å². The fourth-order valence-corrected chi connectivity index (χ4v) is 1.63. The number of carboxylic acids is 1. The van der Waals surface area contributed by atoms with Crippen molar-refractivity contribution in [2.45, 2.75) is 19.4 Å². The van der Waals surface area contributed by atoms with E-state index in [-0.39, 0.29) is 12.5 Å². The molecule has 1 aromatic carbocycles. The second-order valence-corrected chi connectivity index (χ2v) is 3.75. The van der Waals surface area contributed by atoms with Crippen LogP contribution in [0.15, 0.2) is 24.3 Å². The molecule has 1 rings (SSSR count). The van der Waals surface area contributed by atoms with E-state index < -0.39 is 5.97 Å². The van der Waals surface area contributed by atoms with Crippen molar-refractivity contribution in [3.05, 3.63) is 34.9 Å². The van der Waals surface area contributed by atoms with Gasteiger partial charge in [-0.2, -0.15) is 0 Å². The Morgan fingerprint density at radius 2 is 2.20 bits per heavy atom. The first-order chi connectivity index (χ1) is 7.11. The lowest BCUT2D eigenvalue weighted by Gasteiger charge is -2.14. The van der Waals surface area contributed by atoms with Gasteiger partial charge in [-0.3, -0.25) is 4.79 Å². The average molecular weight is 228 g/mol. The standard InChI is InChI=1S/C11H14ClNO2/c1-8(13-7-6-11(14)15)9-4-2-3-5-10(9)12/h2-5,8,13H,6-7H2,1H3,(H,14,15)/t8-/m1/s1. The Bertz CT molecular complexity index is 341. The summed E-state index contributed by atoms with van der Waals surface area (Å²) in [5, 5.41) is 12.3. The van der Waals surface area contributed by atoms with Crippen LogP contribution >= 0.6 is 11.6 Å². The lowest BCUT2D eigenvalue weighted by Crippen LogP contribution is -2.22. The van der Waals surface area contributed by atoms with E-state index in [2.05, 4.69) is 5.32 Å². The van der Waals surface area contributed by atoms with Crippen LogP contribution in [-0.2, 0) is 4.79 Å². The topological polar surface area (TPSA) is 49.3 Å². The molecular weight excluding hydrogens is 214 g/mol. The molecule has 0 unspecified atom stereocenters. The van der Waals surface area contributed by atoms with Crippen LogP contribution in [0, 0.1) is 0 Å². The van der Waals surface area contributed by atoms with Crippen molar-refractivity contribution in [3.8, 4) is 0 Å². The summed E-state index contributed by atoms with van der Waals surface area (Å²) in [4.78, 5) is 10.3. The molecule has 0 amide bonds. The molecule has 0 aliphatic rings. The molecule has 1 atom stereocenters. The molecule has 2 N–H and O–H groups in total. The summed E-state index contributed by atoms with van der Waals surface area (Å²) in [6.07, 6.45) is 0.120. The smallest absolute Gasteiger partial charge is 0.304 e. The normalized spacial score (nSPS) is 12.4. The first-order valence-corrected chi connectivity index (χ1v) is 5.18. The van der Waals surface area contributed by atoms with Gasteiger partial charge in [0.1, 0.15) is 0 Å². The molecule has 0 radical (unpaired) electrons. The molecule has 0 spiro atoms. The maximum Gasteiger partial charge on any atom is 0.304 e. The van der Waals surface area contributed by atoms with E-state index in [0.29, 0.717) is 11.6 Å². The van der Waals surface area contributed by atoms with Crippen molar-refractivity contribution in [3.63, 3.8) is 0 Å². The third-order valence-electron chi connectivity index (χ3n) is 2.16. The van der Waals surface area contributed by atoms with Gasteiger partial charge in [0, 0.05) is 17.6 Å². The van der Waals surface area contributed by atoms with Crippen LogP contribution in [0.3, 0.4) is 0 Å². The SMILES string of the molecule is C[C@@H](NCCC(=O)O)c1ccccc1Cl. The molecule has 15 heavy (non-hydrogen) atoms. The second kappa shape index (κ2) is 5.73. The highest BCUT2D eigenvalue weighted by atomic mass is 35.5. The van der Waals surface area contributed by atoms with Crippen molar-refractivity contribution < 1.29 is 9.90 Å². The van der Waals surface area contributed by atoms with Crippen LogP contribution in [0.25, 0.3) is 0 Å². The van der Waals surface area contributed by atoms with Crippen molar-refractivity contribution >= 4 is 17.6 Å². The molecule has 0 saturated carbocycles. The van der Waals surface area contributed by atoms with E-state index in [1.165, 1.54) is 0 Å². The lowest BCUT2D eigenvalue weighted by molar-refractivity contribution is -0.136. The molecule has 0 aliphatic carbocycles. The zero-order valence-corrected chi connectivity index (χ0v) is 9.29. The molecule has 82 valence electrons. The first kappa shape index (κ1) is 12.0. The maximum absolute atomic E-state index is 10.3. The summed E-state index contributed by atoms with van der Waals surface area (Å²) in [6, 6.07) is 7.61. The van der Waals surface area contributed by atoms with Crippen LogP contribution in [0.5, 0.6) is 0 Å². The molecule has 0 aromatic heterocycles. The number of carboxylic acid groups (broad SMARTS) is 1. The quantitative estimate of drug-likeness (QED) is 0.813. The van der Waals surface area contributed by atoms with Gasteiger partial charge in [-0.15, -0.1) is 0 Å². The van der Waals surface area contributed by atoms with E-state index in [1.54, 1.807) is 0 Å². The summed E-state index contributed by atoms with van der Waals surface area (Å²) in [5.74, 6) is -0.797. The third-order valence-corrected chi connectivity index (χ3v) is 2.51. The fraction of sp³-hybridized carbons (Fsp3) is 0.364. The van der Waals surface area contributed by atoms with E-state index in [9.17, 15) is 4.79 Å². The number of hydrogen-bond acceptors (Lipinski definition) is 2. The minimum atomic E-state index is -0.797. The Labute approximate surface area is 94.1 Å². The fourth-order valence-electron chi connectivity index (χ4n) is 1.33. The highest BCUT2D eigenvalue weighted by Gasteiger charge is 2.08. The minimum Gasteiger partial charge on any atom is -0.481 e. The maximum atomic E-state index is 10.3. The number of halogens is 1. The van der Waals surface area contributed by atoms with Crippen LogP contribution in [0.1, 0.15) is 24.9 Å². The Balaban J connectivity index is 2.50. The summed E-state index contributed by atoms with van der Waals surface area (Å²) >= 11 is 6.00. The Kier molecular flexibility index (Phi) is 4.59. The first-order valence-electron chi connectivity index (χ1n) is 4.81. The average Bonchev–Trinajstić information content (AvgIpc) is 2.17. The molecular formula is C11H14ClNO2. The summed E-state index contributed by atoms with van der Waals surface area (Å²) in [7, 11) is 0. The zero-order chi connectivity index (χ0) is 11.3. The molecule has 3 nitrogen and oxygen atoms in total. The highest BCUT2D eigenvalue weighted by molar-refractivity contribution is 6.31. The number of nitrogens with one attached hydrogen (secondary N) is 1. The van der Waals surface area contributed by atoms with Crippen LogP contribution < -0.4 is 5.32 Å². The summed E-state index contributed by atoms with van der Waals surface area (Å²) in [6.45, 7) is 2.41. The van der Waals surface area contributed by atoms with Gasteiger partial charge >= 0.3 is 5.97 Å². The molecule has 0 heterocycles. The van der Waals surface area contributed by atoms with E-state index in [4.69, 9.17) is 16.7 Å². The van der Waals surface area contributed by atoms with Crippen molar-refractivity contribution in [2.75, 3.05) is 6.54 Å². The molecule has 0 bridgehead atoms. The van der Waals surface area contributed by atoms with Crippen LogP contribution in [-0.4, -0.2) is 17.6 Å². The van der Waals surface area contributed by atoms with Gasteiger partial charge < -0.3 is 10.4 Å². The molecule has 1 aromatic rings. The van der Waals surface area contributed by atoms with Gasteiger partial charge in [-0.1, -0.05) is 29.8 Å². The van der Waals surface area contributed by atoms with Gasteiger partial charge in [0.25, 0.3) is 0 Å². The third kappa shape index (κ3) is 3.90.